The van der Waals surface area contributed by atoms with Crippen LogP contribution in [0, 0.1) is 10.1 Å². The zero-order chi connectivity index (χ0) is 11.9. The third-order valence-corrected chi connectivity index (χ3v) is 2.65. The quantitative estimate of drug-likeness (QED) is 0.560. The summed E-state index contributed by atoms with van der Waals surface area (Å²) in [7, 11) is 0. The van der Waals surface area contributed by atoms with Gasteiger partial charge < -0.3 is 4.74 Å². The van der Waals surface area contributed by atoms with Gasteiger partial charge in [-0.25, -0.2) is 0 Å². The van der Waals surface area contributed by atoms with Crippen molar-refractivity contribution in [1.29, 1.82) is 0 Å². The minimum absolute atomic E-state index is 0.0225. The van der Waals surface area contributed by atoms with Gasteiger partial charge in [-0.05, 0) is 6.92 Å². The van der Waals surface area contributed by atoms with E-state index >= 15 is 0 Å². The van der Waals surface area contributed by atoms with Crippen LogP contribution in [0.15, 0.2) is 12.1 Å². The zero-order valence-corrected chi connectivity index (χ0v) is 9.15. The first-order valence-electron chi connectivity index (χ1n) is 4.67. The molecule has 1 aromatic rings. The summed E-state index contributed by atoms with van der Waals surface area (Å²) in [5, 5.41) is 10.6. The maximum atomic E-state index is 11.6. The monoisotopic (exact) mass is 241 g/mol. The van der Waals surface area contributed by atoms with E-state index in [2.05, 4.69) is 0 Å². The second-order valence-corrected chi connectivity index (χ2v) is 4.02. The SMILES string of the molecule is CC1CC(=O)c2cc([N+](=O)[O-])c(Cl)cc2O1. The van der Waals surface area contributed by atoms with Crippen LogP contribution in [-0.2, 0) is 0 Å². The van der Waals surface area contributed by atoms with Gasteiger partial charge in [-0.15, -0.1) is 0 Å². The van der Waals surface area contributed by atoms with E-state index in [4.69, 9.17) is 16.3 Å². The Balaban J connectivity index is 2.57. The maximum Gasteiger partial charge on any atom is 0.288 e. The van der Waals surface area contributed by atoms with E-state index in [1.165, 1.54) is 12.1 Å². The molecule has 2 rings (SSSR count). The van der Waals surface area contributed by atoms with Crippen molar-refractivity contribution in [3.8, 4) is 5.75 Å². The van der Waals surface area contributed by atoms with Crippen molar-refractivity contribution in [2.45, 2.75) is 19.4 Å². The average Bonchev–Trinajstić information content (AvgIpc) is 2.15. The van der Waals surface area contributed by atoms with Gasteiger partial charge in [0.25, 0.3) is 5.69 Å². The summed E-state index contributed by atoms with van der Waals surface area (Å²) in [6.07, 6.45) is 0.00345. The number of nitro benzene ring substituents is 1. The van der Waals surface area contributed by atoms with E-state index in [-0.39, 0.29) is 34.6 Å². The molecule has 0 bridgehead atoms. The van der Waals surface area contributed by atoms with Crippen LogP contribution in [0.4, 0.5) is 5.69 Å². The molecule has 1 aromatic carbocycles. The molecule has 84 valence electrons. The molecule has 1 heterocycles. The van der Waals surface area contributed by atoms with Gasteiger partial charge in [0.05, 0.1) is 10.5 Å². The summed E-state index contributed by atoms with van der Waals surface area (Å²) in [5.74, 6) is 0.160. The molecule has 1 aliphatic rings. The molecule has 0 fully saturated rings. The van der Waals surface area contributed by atoms with Gasteiger partial charge in [0, 0.05) is 18.6 Å². The number of ether oxygens (including phenoxy) is 1. The summed E-state index contributed by atoms with van der Waals surface area (Å²) < 4.78 is 5.39. The Labute approximate surface area is 96.1 Å². The Morgan fingerprint density at radius 2 is 2.25 bits per heavy atom. The molecule has 0 aromatic heterocycles. The van der Waals surface area contributed by atoms with Crippen LogP contribution in [0.25, 0.3) is 0 Å². The molecular weight excluding hydrogens is 234 g/mol. The molecule has 0 saturated carbocycles. The van der Waals surface area contributed by atoms with Crippen LogP contribution >= 0.6 is 11.6 Å². The largest absolute Gasteiger partial charge is 0.489 e. The lowest BCUT2D eigenvalue weighted by Crippen LogP contribution is -2.24. The Hall–Kier alpha value is -1.62. The number of ketones is 1. The molecule has 0 saturated heterocycles. The molecule has 0 amide bonds. The van der Waals surface area contributed by atoms with Gasteiger partial charge in [0.1, 0.15) is 16.9 Å². The number of hydrogen-bond acceptors (Lipinski definition) is 4. The number of carbonyl (C=O) groups is 1. The van der Waals surface area contributed by atoms with Crippen LogP contribution in [0.2, 0.25) is 5.02 Å². The maximum absolute atomic E-state index is 11.6. The van der Waals surface area contributed by atoms with Crippen LogP contribution in [0.3, 0.4) is 0 Å². The minimum Gasteiger partial charge on any atom is -0.489 e. The molecule has 5 nitrogen and oxygen atoms in total. The lowest BCUT2D eigenvalue weighted by atomic mass is 10.0. The van der Waals surface area contributed by atoms with E-state index in [0.29, 0.717) is 5.75 Å². The standard InChI is InChI=1S/C10H8ClNO4/c1-5-2-9(13)6-3-8(12(14)15)7(11)4-10(6)16-5/h3-5H,2H2,1H3. The van der Waals surface area contributed by atoms with Gasteiger partial charge >= 0.3 is 0 Å². The lowest BCUT2D eigenvalue weighted by Gasteiger charge is -2.22. The normalized spacial score (nSPS) is 18.9. The first kappa shape index (κ1) is 10.9. The molecule has 0 radical (unpaired) electrons. The first-order chi connectivity index (χ1) is 7.49. The molecule has 0 N–H and O–H groups in total. The predicted octanol–water partition coefficient (Wildman–Crippen LogP) is 2.60. The second kappa shape index (κ2) is 3.75. The summed E-state index contributed by atoms with van der Waals surface area (Å²) in [4.78, 5) is 21.7. The third-order valence-electron chi connectivity index (χ3n) is 2.35. The topological polar surface area (TPSA) is 69.4 Å². The third kappa shape index (κ3) is 1.74. The van der Waals surface area contributed by atoms with Crippen LogP contribution in [0.5, 0.6) is 5.75 Å². The molecule has 6 heteroatoms. The predicted molar refractivity (Wildman–Crippen MR) is 57.1 cm³/mol. The van der Waals surface area contributed by atoms with E-state index in [0.717, 1.165) is 0 Å². The molecule has 0 spiro atoms. The Morgan fingerprint density at radius 1 is 1.56 bits per heavy atom. The fourth-order valence-corrected chi connectivity index (χ4v) is 1.85. The van der Waals surface area contributed by atoms with Crippen molar-refractivity contribution in [3.63, 3.8) is 0 Å². The highest BCUT2D eigenvalue weighted by atomic mass is 35.5. The van der Waals surface area contributed by atoms with Crippen LogP contribution in [0.1, 0.15) is 23.7 Å². The van der Waals surface area contributed by atoms with Crippen LogP contribution < -0.4 is 4.74 Å². The molecular formula is C10H8ClNO4. The lowest BCUT2D eigenvalue weighted by molar-refractivity contribution is -0.384. The van der Waals surface area contributed by atoms with Gasteiger partial charge in [0.2, 0.25) is 0 Å². The summed E-state index contributed by atoms with van der Waals surface area (Å²) >= 11 is 5.72. The second-order valence-electron chi connectivity index (χ2n) is 3.61. The molecule has 16 heavy (non-hydrogen) atoms. The Morgan fingerprint density at radius 3 is 2.88 bits per heavy atom. The summed E-state index contributed by atoms with van der Waals surface area (Å²) in [5.41, 5.74) is -0.0406. The van der Waals surface area contributed by atoms with E-state index in [1.807, 2.05) is 0 Å². The molecule has 1 aliphatic heterocycles. The Bertz CT molecular complexity index is 486. The van der Waals surface area contributed by atoms with Gasteiger partial charge in [0.15, 0.2) is 5.78 Å². The number of nitro groups is 1. The minimum atomic E-state index is -0.617. The van der Waals surface area contributed by atoms with Crippen molar-refractivity contribution in [2.75, 3.05) is 0 Å². The summed E-state index contributed by atoms with van der Waals surface area (Å²) in [6.45, 7) is 1.76. The number of rotatable bonds is 1. The number of hydrogen-bond donors (Lipinski definition) is 0. The number of Topliss-reactive ketones (excluding diaryl/α,β-unsaturated/α-hetero) is 1. The number of nitrogens with zero attached hydrogens (tertiary/aromatic N) is 1. The van der Waals surface area contributed by atoms with E-state index in [1.54, 1.807) is 6.92 Å². The van der Waals surface area contributed by atoms with Crippen molar-refractivity contribution in [2.24, 2.45) is 0 Å². The number of fused-ring (bicyclic) bond motifs is 1. The van der Waals surface area contributed by atoms with Crippen LogP contribution in [-0.4, -0.2) is 16.8 Å². The number of carbonyl (C=O) groups excluding carboxylic acids is 1. The molecule has 1 unspecified atom stereocenters. The molecule has 0 aliphatic carbocycles. The first-order valence-corrected chi connectivity index (χ1v) is 5.04. The average molecular weight is 242 g/mol. The van der Waals surface area contributed by atoms with Gasteiger partial charge in [-0.2, -0.15) is 0 Å². The van der Waals surface area contributed by atoms with Crippen molar-refractivity contribution in [3.05, 3.63) is 32.8 Å². The highest BCUT2D eigenvalue weighted by Gasteiger charge is 2.27. The van der Waals surface area contributed by atoms with E-state index in [9.17, 15) is 14.9 Å². The van der Waals surface area contributed by atoms with Crippen molar-refractivity contribution in [1.82, 2.24) is 0 Å². The summed E-state index contributed by atoms with van der Waals surface area (Å²) in [6, 6.07) is 2.49. The van der Waals surface area contributed by atoms with E-state index < -0.39 is 4.92 Å². The molecule has 1 atom stereocenters. The fourth-order valence-electron chi connectivity index (χ4n) is 1.63. The zero-order valence-electron chi connectivity index (χ0n) is 8.40. The number of benzene rings is 1. The van der Waals surface area contributed by atoms with Crippen molar-refractivity contribution >= 4 is 23.1 Å². The van der Waals surface area contributed by atoms with Gasteiger partial charge in [-0.1, -0.05) is 11.6 Å². The Kier molecular flexibility index (Phi) is 2.55. The fraction of sp³-hybridized carbons (Fsp3) is 0.300. The smallest absolute Gasteiger partial charge is 0.288 e. The number of halogens is 1. The highest BCUT2D eigenvalue weighted by Crippen LogP contribution is 2.36. The van der Waals surface area contributed by atoms with Gasteiger partial charge in [-0.3, -0.25) is 14.9 Å². The highest BCUT2D eigenvalue weighted by molar-refractivity contribution is 6.33. The van der Waals surface area contributed by atoms with Crippen molar-refractivity contribution < 1.29 is 14.5 Å².